The highest BCUT2D eigenvalue weighted by Crippen LogP contribution is 2.28. The van der Waals surface area contributed by atoms with Gasteiger partial charge in [-0.2, -0.15) is 4.98 Å². The third-order valence-electron chi connectivity index (χ3n) is 6.12. The molecule has 1 fully saturated rings. The second kappa shape index (κ2) is 10.6. The highest BCUT2D eigenvalue weighted by atomic mass is 19.1. The van der Waals surface area contributed by atoms with E-state index in [1.807, 2.05) is 6.92 Å². The normalized spacial score (nSPS) is 17.2. The van der Waals surface area contributed by atoms with Gasteiger partial charge in [0, 0.05) is 18.7 Å². The summed E-state index contributed by atoms with van der Waals surface area (Å²) in [5.41, 5.74) is 2.05. The number of nitrogens with one attached hydrogen (secondary N) is 1. The number of aromatic nitrogens is 2. The predicted molar refractivity (Wildman–Crippen MR) is 122 cm³/mol. The largest absolute Gasteiger partial charge is 0.465 e. The molecular formula is C25H27FN4O4. The van der Waals surface area contributed by atoms with Crippen molar-refractivity contribution >= 4 is 11.9 Å². The van der Waals surface area contributed by atoms with Crippen LogP contribution in [0.3, 0.4) is 0 Å². The summed E-state index contributed by atoms with van der Waals surface area (Å²) in [7, 11) is 1.34. The molecule has 0 saturated carbocycles. The van der Waals surface area contributed by atoms with Crippen LogP contribution in [0.4, 0.5) is 4.39 Å². The van der Waals surface area contributed by atoms with Gasteiger partial charge in [-0.3, -0.25) is 9.69 Å². The van der Waals surface area contributed by atoms with E-state index in [-0.39, 0.29) is 23.7 Å². The number of methoxy groups -OCH3 is 1. The number of likely N-dealkylation sites (tertiary alicyclic amines) is 1. The maximum atomic E-state index is 13.2. The molecule has 0 spiro atoms. The molecule has 8 nitrogen and oxygen atoms in total. The molecule has 2 unspecified atom stereocenters. The molecule has 2 aromatic carbocycles. The maximum Gasteiger partial charge on any atom is 0.337 e. The summed E-state index contributed by atoms with van der Waals surface area (Å²) in [6, 6.07) is 12.6. The lowest BCUT2D eigenvalue weighted by atomic mass is 9.96. The van der Waals surface area contributed by atoms with E-state index in [2.05, 4.69) is 20.4 Å². The monoisotopic (exact) mass is 466 g/mol. The van der Waals surface area contributed by atoms with Crippen LogP contribution in [-0.2, 0) is 16.1 Å². The van der Waals surface area contributed by atoms with Crippen molar-refractivity contribution in [1.82, 2.24) is 20.4 Å². The smallest absolute Gasteiger partial charge is 0.337 e. The number of carbonyl (C=O) groups excluding carboxylic acids is 2. The van der Waals surface area contributed by atoms with Crippen LogP contribution in [0.5, 0.6) is 0 Å². The SMILES string of the molecule is COC(=O)c1ccc(CNC(=O)C(C)N2CCCC(c3nc(-c4ccc(F)cc4)no3)C2)cc1. The third-order valence-corrected chi connectivity index (χ3v) is 6.12. The Bertz CT molecular complexity index is 1130. The van der Waals surface area contributed by atoms with E-state index in [1.165, 1.54) is 19.2 Å². The van der Waals surface area contributed by atoms with E-state index < -0.39 is 5.97 Å². The maximum absolute atomic E-state index is 13.2. The first-order chi connectivity index (χ1) is 16.4. The molecule has 1 aromatic heterocycles. The zero-order chi connectivity index (χ0) is 24.1. The van der Waals surface area contributed by atoms with Crippen LogP contribution in [0.2, 0.25) is 0 Å². The summed E-state index contributed by atoms with van der Waals surface area (Å²) in [5, 5.41) is 7.01. The average molecular weight is 467 g/mol. The van der Waals surface area contributed by atoms with E-state index in [1.54, 1.807) is 36.4 Å². The molecule has 2 atom stereocenters. The molecule has 34 heavy (non-hydrogen) atoms. The minimum atomic E-state index is -0.394. The van der Waals surface area contributed by atoms with Crippen LogP contribution in [0.1, 0.15) is 47.5 Å². The number of ether oxygens (including phenoxy) is 1. The summed E-state index contributed by atoms with van der Waals surface area (Å²) in [4.78, 5) is 31.0. The Morgan fingerprint density at radius 2 is 1.94 bits per heavy atom. The molecule has 1 N–H and O–H groups in total. The van der Waals surface area contributed by atoms with E-state index >= 15 is 0 Å². The third kappa shape index (κ3) is 5.48. The molecule has 0 aliphatic carbocycles. The molecule has 0 radical (unpaired) electrons. The fraction of sp³-hybridized carbons (Fsp3) is 0.360. The van der Waals surface area contributed by atoms with Crippen molar-refractivity contribution < 1.29 is 23.2 Å². The van der Waals surface area contributed by atoms with Gasteiger partial charge in [0.1, 0.15) is 5.82 Å². The molecule has 0 bridgehead atoms. The topological polar surface area (TPSA) is 97.6 Å². The molecule has 1 amide bonds. The van der Waals surface area contributed by atoms with Crippen molar-refractivity contribution in [2.75, 3.05) is 20.2 Å². The highest BCUT2D eigenvalue weighted by Gasteiger charge is 2.31. The van der Waals surface area contributed by atoms with Gasteiger partial charge >= 0.3 is 5.97 Å². The average Bonchev–Trinajstić information content (AvgIpc) is 3.37. The predicted octanol–water partition coefficient (Wildman–Crippen LogP) is 3.55. The molecule has 1 saturated heterocycles. The number of amides is 1. The number of rotatable bonds is 7. The van der Waals surface area contributed by atoms with E-state index in [0.717, 1.165) is 24.9 Å². The number of halogens is 1. The van der Waals surface area contributed by atoms with Gasteiger partial charge in [0.2, 0.25) is 17.6 Å². The number of benzene rings is 2. The summed E-state index contributed by atoms with van der Waals surface area (Å²) in [6.45, 7) is 3.69. The fourth-order valence-electron chi connectivity index (χ4n) is 4.06. The van der Waals surface area contributed by atoms with Crippen molar-refractivity contribution in [2.45, 2.75) is 38.3 Å². The summed E-state index contributed by atoms with van der Waals surface area (Å²) < 4.78 is 23.4. The van der Waals surface area contributed by atoms with E-state index in [0.29, 0.717) is 35.9 Å². The molecule has 9 heteroatoms. The Labute approximate surface area is 197 Å². The van der Waals surface area contributed by atoms with Gasteiger partial charge in [-0.1, -0.05) is 17.3 Å². The first-order valence-corrected chi connectivity index (χ1v) is 11.2. The van der Waals surface area contributed by atoms with Gasteiger partial charge in [0.25, 0.3) is 0 Å². The van der Waals surface area contributed by atoms with Crippen molar-refractivity contribution in [1.29, 1.82) is 0 Å². The van der Waals surface area contributed by atoms with Crippen molar-refractivity contribution in [3.63, 3.8) is 0 Å². The van der Waals surface area contributed by atoms with Gasteiger partial charge in [-0.05, 0) is 68.3 Å². The van der Waals surface area contributed by atoms with E-state index in [9.17, 15) is 14.0 Å². The van der Waals surface area contributed by atoms with Gasteiger partial charge < -0.3 is 14.6 Å². The number of carbonyl (C=O) groups is 2. The van der Waals surface area contributed by atoms with Crippen LogP contribution >= 0.6 is 0 Å². The molecule has 1 aliphatic heterocycles. The number of esters is 1. The minimum absolute atomic E-state index is 0.0246. The summed E-state index contributed by atoms with van der Waals surface area (Å²) >= 11 is 0. The van der Waals surface area contributed by atoms with Crippen LogP contribution in [0.15, 0.2) is 53.1 Å². The van der Waals surface area contributed by atoms with Crippen LogP contribution in [0.25, 0.3) is 11.4 Å². The van der Waals surface area contributed by atoms with Crippen molar-refractivity contribution in [3.05, 3.63) is 71.4 Å². The van der Waals surface area contributed by atoms with Gasteiger partial charge in [0.05, 0.1) is 24.6 Å². The van der Waals surface area contributed by atoms with Gasteiger partial charge in [-0.25, -0.2) is 9.18 Å². The first kappa shape index (κ1) is 23.6. The molecule has 178 valence electrons. The minimum Gasteiger partial charge on any atom is -0.465 e. The molecule has 1 aliphatic rings. The molecule has 4 rings (SSSR count). The Balaban J connectivity index is 1.33. The second-order valence-electron chi connectivity index (χ2n) is 8.38. The van der Waals surface area contributed by atoms with E-state index in [4.69, 9.17) is 9.26 Å². The van der Waals surface area contributed by atoms with Crippen LogP contribution in [-0.4, -0.2) is 53.2 Å². The summed E-state index contributed by atoms with van der Waals surface area (Å²) in [6.07, 6.45) is 1.80. The lowest BCUT2D eigenvalue weighted by Gasteiger charge is -2.34. The standard InChI is InChI=1S/C25H27FN4O4/c1-16(23(31)27-14-17-5-7-19(8-6-17)25(32)33-2)30-13-3-4-20(15-30)24-28-22(29-34-24)18-9-11-21(26)12-10-18/h5-12,16,20H,3-4,13-15H2,1-2H3,(H,27,31). The Hall–Kier alpha value is -3.59. The quantitative estimate of drug-likeness (QED) is 0.532. The van der Waals surface area contributed by atoms with Crippen molar-refractivity contribution in [3.8, 4) is 11.4 Å². The Morgan fingerprint density at radius 3 is 2.65 bits per heavy atom. The first-order valence-electron chi connectivity index (χ1n) is 11.2. The second-order valence-corrected chi connectivity index (χ2v) is 8.38. The van der Waals surface area contributed by atoms with Gasteiger partial charge in [-0.15, -0.1) is 0 Å². The summed E-state index contributed by atoms with van der Waals surface area (Å²) in [5.74, 6) is 0.195. The lowest BCUT2D eigenvalue weighted by molar-refractivity contribution is -0.126. The Morgan fingerprint density at radius 1 is 1.21 bits per heavy atom. The van der Waals surface area contributed by atoms with Crippen molar-refractivity contribution in [2.24, 2.45) is 0 Å². The Kier molecular flexibility index (Phi) is 7.32. The fourth-order valence-corrected chi connectivity index (χ4v) is 4.06. The van der Waals surface area contributed by atoms with Crippen LogP contribution < -0.4 is 5.32 Å². The zero-order valence-corrected chi connectivity index (χ0v) is 19.2. The number of hydrogen-bond donors (Lipinski definition) is 1. The number of piperidine rings is 1. The molecule has 3 aromatic rings. The lowest BCUT2D eigenvalue weighted by Crippen LogP contribution is -2.48. The number of nitrogens with zero attached hydrogens (tertiary/aromatic N) is 3. The zero-order valence-electron chi connectivity index (χ0n) is 19.2. The van der Waals surface area contributed by atoms with Gasteiger partial charge in [0.15, 0.2) is 0 Å². The molecule has 2 heterocycles. The molecular weight excluding hydrogens is 439 g/mol. The highest BCUT2D eigenvalue weighted by molar-refractivity contribution is 5.89. The van der Waals surface area contributed by atoms with Crippen LogP contribution in [0, 0.1) is 5.82 Å². The number of hydrogen-bond acceptors (Lipinski definition) is 7.